The Morgan fingerprint density at radius 3 is 2.81 bits per heavy atom. The fourth-order valence-corrected chi connectivity index (χ4v) is 4.14. The topological polar surface area (TPSA) is 119 Å². The first-order valence-corrected chi connectivity index (χ1v) is 12.0. The molecule has 0 aliphatic heterocycles. The van der Waals surface area contributed by atoms with Crippen LogP contribution in [0.5, 0.6) is 11.5 Å². The van der Waals surface area contributed by atoms with Crippen molar-refractivity contribution >= 4 is 34.0 Å². The Morgan fingerprint density at radius 1 is 1.14 bits per heavy atom. The first-order chi connectivity index (χ1) is 17.7. The molecule has 190 valence electrons. The molecule has 1 aromatic carbocycles. The van der Waals surface area contributed by atoms with Gasteiger partial charge in [0.2, 0.25) is 5.91 Å². The molecule has 4 heterocycles. The molecule has 4 aromatic heterocycles. The Kier molecular flexibility index (Phi) is 6.49. The van der Waals surface area contributed by atoms with Gasteiger partial charge < -0.3 is 25.0 Å². The lowest BCUT2D eigenvalue weighted by Crippen LogP contribution is -2.33. The van der Waals surface area contributed by atoms with Crippen molar-refractivity contribution in [3.8, 4) is 11.5 Å². The van der Waals surface area contributed by atoms with Gasteiger partial charge in [0.15, 0.2) is 5.82 Å². The number of benzene rings is 1. The maximum atomic E-state index is 12.0. The van der Waals surface area contributed by atoms with Crippen LogP contribution in [0.1, 0.15) is 25.8 Å². The summed E-state index contributed by atoms with van der Waals surface area (Å²) in [5, 5.41) is 20.3. The van der Waals surface area contributed by atoms with E-state index >= 15 is 0 Å². The summed E-state index contributed by atoms with van der Waals surface area (Å²) in [7, 11) is 0. The van der Waals surface area contributed by atoms with Crippen LogP contribution in [-0.2, 0) is 11.3 Å². The highest BCUT2D eigenvalue weighted by molar-refractivity contribution is 5.88. The number of amides is 1. The average molecular weight is 500 g/mol. The minimum atomic E-state index is -1.04. The lowest BCUT2D eigenvalue weighted by atomic mass is 10.1. The molecule has 3 N–H and O–H groups in total. The number of hydrogen-bond acceptors (Lipinski definition) is 7. The van der Waals surface area contributed by atoms with Gasteiger partial charge in [-0.1, -0.05) is 0 Å². The van der Waals surface area contributed by atoms with Crippen molar-refractivity contribution in [2.24, 2.45) is 0 Å². The number of aromatic nitrogens is 5. The van der Waals surface area contributed by atoms with E-state index in [0.717, 1.165) is 33.6 Å². The Labute approximate surface area is 213 Å². The van der Waals surface area contributed by atoms with Crippen molar-refractivity contribution in [1.82, 2.24) is 29.5 Å². The van der Waals surface area contributed by atoms with Crippen LogP contribution in [0.2, 0.25) is 0 Å². The zero-order valence-electron chi connectivity index (χ0n) is 21.0. The van der Waals surface area contributed by atoms with Gasteiger partial charge in [-0.3, -0.25) is 4.79 Å². The number of ether oxygens (including phenoxy) is 1. The van der Waals surface area contributed by atoms with Crippen LogP contribution in [-0.4, -0.2) is 47.3 Å². The van der Waals surface area contributed by atoms with Crippen LogP contribution in [0.25, 0.3) is 16.6 Å². The second-order valence-electron chi connectivity index (χ2n) is 9.58. The molecule has 0 aliphatic rings. The summed E-state index contributed by atoms with van der Waals surface area (Å²) in [5.74, 6) is 1.91. The standard InChI is InChI=1S/C27H29N7O3/c1-18-14-19(4-7-23(18)37-21-6-5-20-8-10-31-34(20)16-21)32-26-25-22(29-17-30-26)9-12-33(25)13-11-28-24(35)15-27(2,3)36/h4-10,12,14,16-17,36H,11,13,15H2,1-3H3,(H,28,35)(H,29,30,32). The van der Waals surface area contributed by atoms with Crippen LogP contribution >= 0.6 is 0 Å². The molecule has 0 unspecified atom stereocenters. The second kappa shape index (κ2) is 9.90. The van der Waals surface area contributed by atoms with E-state index in [2.05, 4.69) is 25.7 Å². The van der Waals surface area contributed by atoms with Crippen molar-refractivity contribution in [2.75, 3.05) is 11.9 Å². The van der Waals surface area contributed by atoms with E-state index in [1.807, 2.05) is 66.3 Å². The Hall–Kier alpha value is -4.44. The molecule has 10 nitrogen and oxygen atoms in total. The Balaban J connectivity index is 1.29. The SMILES string of the molecule is Cc1cc(Nc2ncnc3ccn(CCNC(=O)CC(C)(C)O)c23)ccc1Oc1ccc2ccnn2c1. The summed E-state index contributed by atoms with van der Waals surface area (Å²) in [6.45, 7) is 6.17. The first-order valence-electron chi connectivity index (χ1n) is 12.0. The number of nitrogens with one attached hydrogen (secondary N) is 2. The normalized spacial score (nSPS) is 11.7. The lowest BCUT2D eigenvalue weighted by molar-refractivity contribution is -0.124. The van der Waals surface area contributed by atoms with Gasteiger partial charge in [0.25, 0.3) is 0 Å². The number of rotatable bonds is 9. The van der Waals surface area contributed by atoms with E-state index < -0.39 is 5.60 Å². The highest BCUT2D eigenvalue weighted by Gasteiger charge is 2.18. The van der Waals surface area contributed by atoms with Crippen LogP contribution in [0.3, 0.4) is 0 Å². The molecule has 10 heteroatoms. The maximum absolute atomic E-state index is 12.0. The number of fused-ring (bicyclic) bond motifs is 2. The predicted molar refractivity (Wildman–Crippen MR) is 141 cm³/mol. The third-order valence-electron chi connectivity index (χ3n) is 5.85. The number of pyridine rings is 1. The Morgan fingerprint density at radius 2 is 2.00 bits per heavy atom. The van der Waals surface area contributed by atoms with Gasteiger partial charge in [0, 0.05) is 31.2 Å². The summed E-state index contributed by atoms with van der Waals surface area (Å²) in [4.78, 5) is 20.9. The van der Waals surface area contributed by atoms with Crippen LogP contribution < -0.4 is 15.4 Å². The fourth-order valence-electron chi connectivity index (χ4n) is 4.14. The zero-order chi connectivity index (χ0) is 26.0. The number of nitrogens with zero attached hydrogens (tertiary/aromatic N) is 5. The molecule has 0 atom stereocenters. The molecule has 0 spiro atoms. The van der Waals surface area contributed by atoms with Gasteiger partial charge in [-0.2, -0.15) is 5.10 Å². The van der Waals surface area contributed by atoms with Crippen LogP contribution in [0.4, 0.5) is 11.5 Å². The fraction of sp³-hybridized carbons (Fsp3) is 0.259. The minimum absolute atomic E-state index is 0.0479. The molecule has 5 aromatic rings. The smallest absolute Gasteiger partial charge is 0.222 e. The number of hydrogen-bond donors (Lipinski definition) is 3. The van der Waals surface area contributed by atoms with Crippen LogP contribution in [0, 0.1) is 6.92 Å². The average Bonchev–Trinajstić information content (AvgIpc) is 3.47. The first kappa shape index (κ1) is 24.3. The summed E-state index contributed by atoms with van der Waals surface area (Å²) in [6.07, 6.45) is 7.09. The van der Waals surface area contributed by atoms with E-state index in [0.29, 0.717) is 24.7 Å². The van der Waals surface area contributed by atoms with E-state index in [9.17, 15) is 9.90 Å². The highest BCUT2D eigenvalue weighted by atomic mass is 16.5. The summed E-state index contributed by atoms with van der Waals surface area (Å²) in [6, 6.07) is 13.6. The summed E-state index contributed by atoms with van der Waals surface area (Å²) >= 11 is 0. The van der Waals surface area contributed by atoms with Gasteiger partial charge in [-0.15, -0.1) is 0 Å². The number of anilines is 2. The van der Waals surface area contributed by atoms with Crippen LogP contribution in [0.15, 0.2) is 67.4 Å². The van der Waals surface area contributed by atoms with Crippen molar-refractivity contribution < 1.29 is 14.6 Å². The second-order valence-corrected chi connectivity index (χ2v) is 9.58. The monoisotopic (exact) mass is 499 g/mol. The molecule has 0 saturated heterocycles. The van der Waals surface area contributed by atoms with E-state index in [4.69, 9.17) is 4.74 Å². The highest BCUT2D eigenvalue weighted by Crippen LogP contribution is 2.30. The quantitative estimate of drug-likeness (QED) is 0.278. The van der Waals surface area contributed by atoms with Gasteiger partial charge in [-0.05, 0) is 68.8 Å². The molecule has 0 saturated carbocycles. The third-order valence-corrected chi connectivity index (χ3v) is 5.85. The van der Waals surface area contributed by atoms with E-state index in [-0.39, 0.29) is 12.3 Å². The number of carbonyl (C=O) groups excluding carboxylic acids is 1. The molecule has 0 aliphatic carbocycles. The molecule has 0 bridgehead atoms. The van der Waals surface area contributed by atoms with Gasteiger partial charge in [0.1, 0.15) is 23.3 Å². The predicted octanol–water partition coefficient (Wildman–Crippen LogP) is 4.20. The lowest BCUT2D eigenvalue weighted by Gasteiger charge is -2.16. The molecule has 0 fully saturated rings. The molecule has 5 rings (SSSR count). The minimum Gasteiger partial charge on any atom is -0.455 e. The van der Waals surface area contributed by atoms with Crippen molar-refractivity contribution in [3.63, 3.8) is 0 Å². The van der Waals surface area contributed by atoms with Gasteiger partial charge in [-0.25, -0.2) is 14.5 Å². The molecular weight excluding hydrogens is 470 g/mol. The third kappa shape index (κ3) is 5.70. The molecular formula is C27H29N7O3. The Bertz CT molecular complexity index is 1570. The van der Waals surface area contributed by atoms with Gasteiger partial charge >= 0.3 is 0 Å². The zero-order valence-corrected chi connectivity index (χ0v) is 21.0. The molecule has 1 amide bonds. The maximum Gasteiger partial charge on any atom is 0.222 e. The van der Waals surface area contributed by atoms with E-state index in [1.165, 1.54) is 6.33 Å². The van der Waals surface area contributed by atoms with Gasteiger partial charge in [0.05, 0.1) is 29.3 Å². The van der Waals surface area contributed by atoms with Crippen molar-refractivity contribution in [2.45, 2.75) is 39.3 Å². The number of aryl methyl sites for hydroxylation is 1. The van der Waals surface area contributed by atoms with Crippen molar-refractivity contribution in [3.05, 3.63) is 72.9 Å². The summed E-state index contributed by atoms with van der Waals surface area (Å²) < 4.78 is 9.86. The number of carbonyl (C=O) groups is 1. The molecule has 37 heavy (non-hydrogen) atoms. The largest absolute Gasteiger partial charge is 0.455 e. The van der Waals surface area contributed by atoms with Crippen molar-refractivity contribution in [1.29, 1.82) is 0 Å². The summed E-state index contributed by atoms with van der Waals surface area (Å²) in [5.41, 5.74) is 3.41. The van der Waals surface area contributed by atoms with E-state index in [1.54, 1.807) is 24.6 Å². The number of aliphatic hydroxyl groups is 1. The molecule has 0 radical (unpaired) electrons.